The smallest absolute Gasteiger partial charge is 0.434 e. The number of alkyl halides is 3. The summed E-state index contributed by atoms with van der Waals surface area (Å²) in [6.07, 6.45) is 1.14. The molecular weight excluding hydrogens is 541 g/mol. The number of aliphatic carboxylic acids is 1. The molecule has 3 N–H and O–H groups in total. The van der Waals surface area contributed by atoms with Crippen LogP contribution in [0.2, 0.25) is 0 Å². The minimum atomic E-state index is -4.89. The van der Waals surface area contributed by atoms with Crippen LogP contribution in [0.4, 0.5) is 19.0 Å². The Labute approximate surface area is 238 Å². The number of rotatable bonds is 14. The number of amides is 1. The number of nitrogens with zero attached hydrogens (tertiary/aromatic N) is 4. The highest BCUT2D eigenvalue weighted by molar-refractivity contribution is 5.97. The Hall–Kier alpha value is -3.32. The molecule has 0 fully saturated rings. The van der Waals surface area contributed by atoms with Crippen LogP contribution >= 0.6 is 0 Å². The number of anilines is 1. The summed E-state index contributed by atoms with van der Waals surface area (Å²) in [6.45, 7) is 8.65. The molecule has 3 rings (SSSR count). The second-order valence-corrected chi connectivity index (χ2v) is 11.0. The van der Waals surface area contributed by atoms with Crippen molar-refractivity contribution in [3.05, 3.63) is 47.2 Å². The minimum Gasteiger partial charge on any atom is -0.480 e. The lowest BCUT2D eigenvalue weighted by atomic mass is 10.1. The van der Waals surface area contributed by atoms with Gasteiger partial charge in [0.25, 0.3) is 5.91 Å². The molecule has 0 saturated carbocycles. The van der Waals surface area contributed by atoms with E-state index in [1.165, 1.54) is 5.56 Å². The SMILES string of the molecule is CC(C)(C)OCCN(CCCCc1ccc2c(n1)NCCC2)CC[C@H](NC(=O)c1cncnc1C(F)(F)F)C(=O)O. The molecular formula is C28H39F3N6O4. The zero-order valence-corrected chi connectivity index (χ0v) is 23.8. The average Bonchev–Trinajstić information content (AvgIpc) is 2.91. The van der Waals surface area contributed by atoms with Crippen LogP contribution in [0.5, 0.6) is 0 Å². The van der Waals surface area contributed by atoms with Crippen LogP contribution < -0.4 is 10.6 Å². The van der Waals surface area contributed by atoms with Gasteiger partial charge < -0.3 is 25.4 Å². The Morgan fingerprint density at radius 3 is 2.66 bits per heavy atom. The number of carbonyl (C=O) groups is 2. The Morgan fingerprint density at radius 2 is 1.95 bits per heavy atom. The number of aryl methyl sites for hydroxylation is 2. The van der Waals surface area contributed by atoms with Crippen molar-refractivity contribution in [1.29, 1.82) is 0 Å². The molecule has 226 valence electrons. The summed E-state index contributed by atoms with van der Waals surface area (Å²) in [5.74, 6) is -1.58. The maximum absolute atomic E-state index is 13.3. The minimum absolute atomic E-state index is 0.0102. The van der Waals surface area contributed by atoms with Crippen LogP contribution in [0.1, 0.15) is 73.8 Å². The fraction of sp³-hybridized carbons (Fsp3) is 0.607. The molecule has 0 saturated heterocycles. The van der Waals surface area contributed by atoms with E-state index in [-0.39, 0.29) is 12.0 Å². The molecule has 2 aromatic heterocycles. The van der Waals surface area contributed by atoms with E-state index >= 15 is 0 Å². The van der Waals surface area contributed by atoms with Crippen LogP contribution in [0.25, 0.3) is 0 Å². The third-order valence-electron chi connectivity index (χ3n) is 6.61. The van der Waals surface area contributed by atoms with Gasteiger partial charge in [0.1, 0.15) is 18.2 Å². The summed E-state index contributed by atoms with van der Waals surface area (Å²) in [4.78, 5) is 37.9. The lowest BCUT2D eigenvalue weighted by Gasteiger charge is -2.27. The number of unbranched alkanes of at least 4 members (excludes halogenated alkanes) is 1. The largest absolute Gasteiger partial charge is 0.480 e. The molecule has 2 aromatic rings. The van der Waals surface area contributed by atoms with Crippen LogP contribution in [0, 0.1) is 0 Å². The number of nitrogens with one attached hydrogen (secondary N) is 2. The van der Waals surface area contributed by atoms with Crippen molar-refractivity contribution in [1.82, 2.24) is 25.2 Å². The van der Waals surface area contributed by atoms with Crippen molar-refractivity contribution in [3.63, 3.8) is 0 Å². The first-order valence-corrected chi connectivity index (χ1v) is 13.8. The average molecular weight is 581 g/mol. The third-order valence-corrected chi connectivity index (χ3v) is 6.61. The van der Waals surface area contributed by atoms with Crippen molar-refractivity contribution in [2.45, 2.75) is 77.1 Å². The number of hydrogen-bond donors (Lipinski definition) is 3. The molecule has 3 heterocycles. The van der Waals surface area contributed by atoms with Crippen LogP contribution in [0.3, 0.4) is 0 Å². The van der Waals surface area contributed by atoms with Gasteiger partial charge in [0.15, 0.2) is 5.69 Å². The summed E-state index contributed by atoms with van der Waals surface area (Å²) in [5, 5.41) is 15.2. The Balaban J connectivity index is 1.57. The summed E-state index contributed by atoms with van der Waals surface area (Å²) in [7, 11) is 0. The number of aromatic nitrogens is 3. The monoisotopic (exact) mass is 580 g/mol. The van der Waals surface area contributed by atoms with Crippen molar-refractivity contribution < 1.29 is 32.6 Å². The Morgan fingerprint density at radius 1 is 1.17 bits per heavy atom. The van der Waals surface area contributed by atoms with Gasteiger partial charge in [0, 0.05) is 31.5 Å². The molecule has 1 aliphatic heterocycles. The third kappa shape index (κ3) is 10.5. The first kappa shape index (κ1) is 32.2. The quantitative estimate of drug-likeness (QED) is 0.284. The maximum atomic E-state index is 13.3. The van der Waals surface area contributed by atoms with Crippen molar-refractivity contribution in [3.8, 4) is 0 Å². The Bertz CT molecular complexity index is 1170. The van der Waals surface area contributed by atoms with E-state index in [2.05, 4.69) is 32.7 Å². The Kier molecular flexibility index (Phi) is 11.4. The first-order valence-electron chi connectivity index (χ1n) is 13.8. The highest BCUT2D eigenvalue weighted by atomic mass is 19.4. The van der Waals surface area contributed by atoms with E-state index in [4.69, 9.17) is 9.72 Å². The molecule has 13 heteroatoms. The van der Waals surface area contributed by atoms with Gasteiger partial charge in [-0.25, -0.2) is 19.7 Å². The number of pyridine rings is 1. The molecule has 10 nitrogen and oxygen atoms in total. The summed E-state index contributed by atoms with van der Waals surface area (Å²) >= 11 is 0. The van der Waals surface area contributed by atoms with Crippen LogP contribution in [-0.4, -0.2) is 81.3 Å². The lowest BCUT2D eigenvalue weighted by molar-refractivity contribution is -0.141. The number of carboxylic acids is 1. The zero-order chi connectivity index (χ0) is 30.0. The summed E-state index contributed by atoms with van der Waals surface area (Å²) in [6, 6.07) is 2.78. The number of halogens is 3. The van der Waals surface area contributed by atoms with Gasteiger partial charge in [-0.3, -0.25) is 4.79 Å². The lowest BCUT2D eigenvalue weighted by Crippen LogP contribution is -2.44. The molecule has 0 aromatic carbocycles. The molecule has 0 unspecified atom stereocenters. The van der Waals surface area contributed by atoms with Gasteiger partial charge in [-0.15, -0.1) is 0 Å². The second-order valence-electron chi connectivity index (χ2n) is 11.0. The standard InChI is InChI=1S/C28H39F3N6O4/c1-27(2,3)41-16-15-37(13-5-4-8-20-10-9-19-7-6-12-33-24(19)35-20)14-11-22(26(39)40)36-25(38)21-17-32-18-34-23(21)28(29,30)31/h9-10,17-18,22H,4-8,11-16H2,1-3H3,(H,33,35)(H,36,38)(H,39,40)/t22-/m0/s1. The van der Waals surface area contributed by atoms with E-state index < -0.39 is 35.4 Å². The van der Waals surface area contributed by atoms with Crippen molar-refractivity contribution in [2.24, 2.45) is 0 Å². The molecule has 0 radical (unpaired) electrons. The van der Waals surface area contributed by atoms with Crippen molar-refractivity contribution >= 4 is 17.7 Å². The van der Waals surface area contributed by atoms with E-state index in [0.717, 1.165) is 56.4 Å². The summed E-state index contributed by atoms with van der Waals surface area (Å²) in [5.41, 5.74) is -0.340. The van der Waals surface area contributed by atoms with Gasteiger partial charge in [-0.1, -0.05) is 6.07 Å². The number of carboxylic acid groups (broad SMARTS) is 1. The topological polar surface area (TPSA) is 130 Å². The van der Waals surface area contributed by atoms with Gasteiger partial charge >= 0.3 is 12.1 Å². The zero-order valence-electron chi connectivity index (χ0n) is 23.8. The highest BCUT2D eigenvalue weighted by Gasteiger charge is 2.38. The van der Waals surface area contributed by atoms with E-state index in [0.29, 0.717) is 32.6 Å². The number of carbonyl (C=O) groups excluding carboxylic acids is 1. The molecule has 0 bridgehead atoms. The molecule has 1 amide bonds. The van der Waals surface area contributed by atoms with Crippen molar-refractivity contribution in [2.75, 3.05) is 38.1 Å². The predicted molar refractivity (Wildman–Crippen MR) is 147 cm³/mol. The van der Waals surface area contributed by atoms with Crippen LogP contribution in [0.15, 0.2) is 24.7 Å². The van der Waals surface area contributed by atoms with Gasteiger partial charge in [0.2, 0.25) is 0 Å². The van der Waals surface area contributed by atoms with E-state index in [1.807, 2.05) is 25.7 Å². The number of fused-ring (bicyclic) bond motifs is 1. The maximum Gasteiger partial charge on any atom is 0.434 e. The number of ether oxygens (including phenoxy) is 1. The molecule has 1 atom stereocenters. The number of hydrogen-bond acceptors (Lipinski definition) is 8. The molecule has 0 aliphatic carbocycles. The molecule has 1 aliphatic rings. The van der Waals surface area contributed by atoms with E-state index in [9.17, 15) is 27.9 Å². The fourth-order valence-electron chi connectivity index (χ4n) is 4.49. The normalized spacial score (nSPS) is 14.3. The van der Waals surface area contributed by atoms with E-state index in [1.54, 1.807) is 0 Å². The first-order chi connectivity index (χ1) is 19.3. The second kappa shape index (κ2) is 14.5. The highest BCUT2D eigenvalue weighted by Crippen LogP contribution is 2.29. The fourth-order valence-corrected chi connectivity index (χ4v) is 4.49. The van der Waals surface area contributed by atoms with Gasteiger partial charge in [0.05, 0.1) is 17.8 Å². The van der Waals surface area contributed by atoms with Gasteiger partial charge in [-0.05, 0) is 77.5 Å². The van der Waals surface area contributed by atoms with Crippen LogP contribution in [-0.2, 0) is 28.5 Å². The molecule has 41 heavy (non-hydrogen) atoms. The van der Waals surface area contributed by atoms with Gasteiger partial charge in [-0.2, -0.15) is 13.2 Å². The molecule has 0 spiro atoms. The summed E-state index contributed by atoms with van der Waals surface area (Å²) < 4.78 is 45.7. The predicted octanol–water partition coefficient (Wildman–Crippen LogP) is 3.96.